The largest absolute Gasteiger partial charge is 0.463 e. The third kappa shape index (κ3) is 3.41. The molecule has 0 amide bonds. The summed E-state index contributed by atoms with van der Waals surface area (Å²) >= 11 is 6.02. The van der Waals surface area contributed by atoms with E-state index in [1.54, 1.807) is 18.2 Å². The van der Waals surface area contributed by atoms with E-state index in [2.05, 4.69) is 4.72 Å². The lowest BCUT2D eigenvalue weighted by molar-refractivity contribution is 0.587. The number of benzene rings is 3. The molecule has 0 aliphatic rings. The first-order chi connectivity index (χ1) is 12.9. The second kappa shape index (κ2) is 6.72. The standard InChI is InChI=1S/C20H13ClFNO3S/c21-16-10-15-8-9-26-20(15)19(12-16)27(24,25)23-18-11-14(6-7-17(18)22)13-4-2-1-3-5-13/h1-12,23H. The van der Waals surface area contributed by atoms with Gasteiger partial charge in [0, 0.05) is 10.4 Å². The fourth-order valence-corrected chi connectivity index (χ4v) is 4.37. The first-order valence-electron chi connectivity index (χ1n) is 7.98. The zero-order chi connectivity index (χ0) is 19.0. The van der Waals surface area contributed by atoms with E-state index in [9.17, 15) is 12.8 Å². The zero-order valence-corrected chi connectivity index (χ0v) is 15.4. The number of fused-ring (bicyclic) bond motifs is 1. The maximum absolute atomic E-state index is 14.3. The third-order valence-corrected chi connectivity index (χ3v) is 5.68. The van der Waals surface area contributed by atoms with Crippen LogP contribution in [0.4, 0.5) is 10.1 Å². The number of halogens is 2. The summed E-state index contributed by atoms with van der Waals surface area (Å²) in [6.45, 7) is 0. The van der Waals surface area contributed by atoms with E-state index < -0.39 is 15.8 Å². The molecule has 0 atom stereocenters. The maximum atomic E-state index is 14.3. The van der Waals surface area contributed by atoms with Gasteiger partial charge < -0.3 is 4.42 Å². The fourth-order valence-electron chi connectivity index (χ4n) is 2.83. The number of furan rings is 1. The second-order valence-corrected chi connectivity index (χ2v) is 8.00. The smallest absolute Gasteiger partial charge is 0.265 e. The van der Waals surface area contributed by atoms with Gasteiger partial charge >= 0.3 is 0 Å². The molecule has 0 aliphatic heterocycles. The van der Waals surface area contributed by atoms with E-state index in [-0.39, 0.29) is 21.2 Å². The Labute approximate surface area is 160 Å². The SMILES string of the molecule is O=S(=O)(Nc1cc(-c2ccccc2)ccc1F)c1cc(Cl)cc2ccoc12. The summed E-state index contributed by atoms with van der Waals surface area (Å²) in [5.41, 5.74) is 1.53. The summed E-state index contributed by atoms with van der Waals surface area (Å²) in [5, 5.41) is 0.782. The number of anilines is 1. The van der Waals surface area contributed by atoms with Crippen LogP contribution in [0.25, 0.3) is 22.1 Å². The number of nitrogens with one attached hydrogen (secondary N) is 1. The fraction of sp³-hybridized carbons (Fsp3) is 0. The molecule has 7 heteroatoms. The van der Waals surface area contributed by atoms with Gasteiger partial charge in [-0.2, -0.15) is 0 Å². The summed E-state index contributed by atoms with van der Waals surface area (Å²) in [6, 6.07) is 18.0. The predicted octanol–water partition coefficient (Wildman–Crippen LogP) is 5.69. The van der Waals surface area contributed by atoms with Crippen LogP contribution >= 0.6 is 11.6 Å². The van der Waals surface area contributed by atoms with Crippen molar-refractivity contribution in [2.75, 3.05) is 4.72 Å². The Balaban J connectivity index is 1.78. The molecular formula is C20H13ClFNO3S. The minimum absolute atomic E-state index is 0.153. The topological polar surface area (TPSA) is 59.3 Å². The van der Waals surface area contributed by atoms with Gasteiger partial charge in [0.15, 0.2) is 5.58 Å². The summed E-state index contributed by atoms with van der Waals surface area (Å²) in [5.74, 6) is -0.684. The lowest BCUT2D eigenvalue weighted by atomic mass is 10.1. The molecule has 136 valence electrons. The van der Waals surface area contributed by atoms with Gasteiger partial charge in [-0.3, -0.25) is 4.72 Å². The molecule has 1 heterocycles. The molecule has 4 nitrogen and oxygen atoms in total. The van der Waals surface area contributed by atoms with Gasteiger partial charge in [0.2, 0.25) is 0 Å². The van der Waals surface area contributed by atoms with Crippen molar-refractivity contribution in [3.8, 4) is 11.1 Å². The molecule has 1 N–H and O–H groups in total. The van der Waals surface area contributed by atoms with Gasteiger partial charge in [0.25, 0.3) is 10.0 Å². The van der Waals surface area contributed by atoms with Crippen molar-refractivity contribution in [2.45, 2.75) is 4.90 Å². The molecule has 0 saturated heterocycles. The molecule has 0 spiro atoms. The number of hydrogen-bond acceptors (Lipinski definition) is 3. The van der Waals surface area contributed by atoms with Gasteiger partial charge in [-0.1, -0.05) is 48.0 Å². The predicted molar refractivity (Wildman–Crippen MR) is 104 cm³/mol. The van der Waals surface area contributed by atoms with Crippen LogP contribution in [0.15, 0.2) is 82.3 Å². The van der Waals surface area contributed by atoms with Crippen molar-refractivity contribution in [3.63, 3.8) is 0 Å². The van der Waals surface area contributed by atoms with Gasteiger partial charge in [-0.25, -0.2) is 12.8 Å². The lowest BCUT2D eigenvalue weighted by Crippen LogP contribution is -2.14. The monoisotopic (exact) mass is 401 g/mol. The molecule has 0 saturated carbocycles. The molecule has 1 aromatic heterocycles. The van der Waals surface area contributed by atoms with Crippen molar-refractivity contribution in [3.05, 3.63) is 83.8 Å². The summed E-state index contributed by atoms with van der Waals surface area (Å²) < 4.78 is 47.6. The average Bonchev–Trinajstić information content (AvgIpc) is 3.11. The van der Waals surface area contributed by atoms with Crippen molar-refractivity contribution < 1.29 is 17.2 Å². The van der Waals surface area contributed by atoms with Crippen LogP contribution in [0.2, 0.25) is 5.02 Å². The summed E-state index contributed by atoms with van der Waals surface area (Å²) in [7, 11) is -4.12. The van der Waals surface area contributed by atoms with Crippen LogP contribution in [0, 0.1) is 5.82 Å². The van der Waals surface area contributed by atoms with E-state index in [0.29, 0.717) is 10.9 Å². The Morgan fingerprint density at radius 2 is 1.70 bits per heavy atom. The molecule has 4 aromatic rings. The van der Waals surface area contributed by atoms with Crippen LogP contribution in [0.5, 0.6) is 0 Å². The Bertz CT molecular complexity index is 1240. The van der Waals surface area contributed by atoms with Gasteiger partial charge in [0.05, 0.1) is 12.0 Å². The van der Waals surface area contributed by atoms with E-state index >= 15 is 0 Å². The van der Waals surface area contributed by atoms with Gasteiger partial charge in [-0.15, -0.1) is 0 Å². The minimum Gasteiger partial charge on any atom is -0.463 e. The van der Waals surface area contributed by atoms with E-state index in [1.165, 1.54) is 24.5 Å². The Morgan fingerprint density at radius 3 is 2.48 bits per heavy atom. The van der Waals surface area contributed by atoms with Crippen molar-refractivity contribution in [1.82, 2.24) is 0 Å². The highest BCUT2D eigenvalue weighted by Gasteiger charge is 2.22. The number of hydrogen-bond donors (Lipinski definition) is 1. The molecule has 4 rings (SSSR count). The molecule has 0 fully saturated rings. The molecule has 0 aliphatic carbocycles. The highest BCUT2D eigenvalue weighted by molar-refractivity contribution is 7.93. The van der Waals surface area contributed by atoms with E-state index in [4.69, 9.17) is 16.0 Å². The normalized spacial score (nSPS) is 11.6. The molecule has 27 heavy (non-hydrogen) atoms. The Kier molecular flexibility index (Phi) is 4.37. The van der Waals surface area contributed by atoms with Gasteiger partial charge in [-0.05, 0) is 41.5 Å². The van der Waals surface area contributed by atoms with E-state index in [0.717, 1.165) is 5.56 Å². The first-order valence-corrected chi connectivity index (χ1v) is 9.85. The average molecular weight is 402 g/mol. The quantitative estimate of drug-likeness (QED) is 0.477. The summed E-state index contributed by atoms with van der Waals surface area (Å²) in [6.07, 6.45) is 1.37. The second-order valence-electron chi connectivity index (χ2n) is 5.91. The van der Waals surface area contributed by atoms with Crippen LogP contribution in [-0.4, -0.2) is 8.42 Å². The number of sulfonamides is 1. The Hall–Kier alpha value is -2.83. The van der Waals surface area contributed by atoms with Crippen molar-refractivity contribution in [1.29, 1.82) is 0 Å². The van der Waals surface area contributed by atoms with Gasteiger partial charge in [0.1, 0.15) is 10.7 Å². The Morgan fingerprint density at radius 1 is 0.926 bits per heavy atom. The van der Waals surface area contributed by atoms with E-state index in [1.807, 2.05) is 30.3 Å². The van der Waals surface area contributed by atoms with Crippen LogP contribution in [0.3, 0.4) is 0 Å². The number of rotatable bonds is 4. The molecule has 3 aromatic carbocycles. The third-order valence-electron chi connectivity index (χ3n) is 4.09. The highest BCUT2D eigenvalue weighted by atomic mass is 35.5. The zero-order valence-electron chi connectivity index (χ0n) is 13.8. The molecule has 0 bridgehead atoms. The van der Waals surface area contributed by atoms with Crippen LogP contribution in [0.1, 0.15) is 0 Å². The highest BCUT2D eigenvalue weighted by Crippen LogP contribution is 2.31. The lowest BCUT2D eigenvalue weighted by Gasteiger charge is -2.11. The van der Waals surface area contributed by atoms with Crippen molar-refractivity contribution >= 4 is 38.3 Å². The summed E-state index contributed by atoms with van der Waals surface area (Å²) in [4.78, 5) is -0.153. The maximum Gasteiger partial charge on any atom is 0.265 e. The van der Waals surface area contributed by atoms with Crippen molar-refractivity contribution in [2.24, 2.45) is 0 Å². The molecule has 0 unspecified atom stereocenters. The van der Waals surface area contributed by atoms with Crippen LogP contribution in [-0.2, 0) is 10.0 Å². The first kappa shape index (κ1) is 17.6. The minimum atomic E-state index is -4.12. The molecular weight excluding hydrogens is 389 g/mol. The molecule has 0 radical (unpaired) electrons. The van der Waals surface area contributed by atoms with Crippen LogP contribution < -0.4 is 4.72 Å².